The van der Waals surface area contributed by atoms with E-state index < -0.39 is 0 Å². The van der Waals surface area contributed by atoms with E-state index in [-0.39, 0.29) is 15.1 Å². The number of imidazole rings is 1. The van der Waals surface area contributed by atoms with Gasteiger partial charge in [-0.15, -0.1) is 0 Å². The second-order valence-electron chi connectivity index (χ2n) is 1.90. The minimum absolute atomic E-state index is 0.346. The van der Waals surface area contributed by atoms with Crippen LogP contribution in [0.25, 0.3) is 11.2 Å². The first-order valence-electron chi connectivity index (χ1n) is 3.03. The Morgan fingerprint density at radius 1 is 1.62 bits per heavy atom. The molecule has 0 saturated heterocycles. The summed E-state index contributed by atoms with van der Waals surface area (Å²) < 4.78 is 0.728. The Morgan fingerprint density at radius 2 is 2.31 bits per heavy atom. The average Bonchev–Trinajstić information content (AvgIpc) is 2.54. The van der Waals surface area contributed by atoms with Gasteiger partial charge in [0.05, 0.1) is 11.2 Å². The van der Waals surface area contributed by atoms with Crippen LogP contribution in [0.3, 0.4) is 0 Å². The largest absolute Gasteiger partial charge is 0.433 e. The van der Waals surface area contributed by atoms with Crippen LogP contribution in [0.1, 0.15) is 0 Å². The third-order valence-electron chi connectivity index (χ3n) is 1.24. The molecule has 2 rings (SSSR count). The zero-order valence-electron chi connectivity index (χ0n) is 6.11. The molecule has 0 radical (unpaired) electrons. The molecule has 0 unspecified atom stereocenters. The fraction of sp³-hybridized carbons (Fsp3) is 0. The summed E-state index contributed by atoms with van der Waals surface area (Å²) in [5.74, 6) is 0. The monoisotopic (exact) mass is 325 g/mol. The van der Waals surface area contributed by atoms with Gasteiger partial charge in [0, 0.05) is 0 Å². The summed E-state index contributed by atoms with van der Waals surface area (Å²) in [5.41, 5.74) is 1.52. The van der Waals surface area contributed by atoms with Crippen LogP contribution in [0.5, 0.6) is 0 Å². The van der Waals surface area contributed by atoms with E-state index in [9.17, 15) is 0 Å². The van der Waals surface area contributed by atoms with E-state index in [1.54, 1.807) is 6.33 Å². The third kappa shape index (κ3) is 2.99. The molecule has 0 atom stereocenters. The van der Waals surface area contributed by atoms with Crippen molar-refractivity contribution in [2.45, 2.75) is 0 Å². The summed E-state index contributed by atoms with van der Waals surface area (Å²) in [6.07, 6.45) is 3.16. The number of H-pyrrole nitrogens is 2. The molecule has 0 spiro atoms. The zero-order chi connectivity index (χ0) is 9.68. The predicted octanol–water partition coefficient (Wildman–Crippen LogP) is 0.522. The Hall–Kier alpha value is -0.0266. The third-order valence-corrected chi connectivity index (χ3v) is 1.58. The van der Waals surface area contributed by atoms with Gasteiger partial charge in [-0.05, 0) is 0 Å². The van der Waals surface area contributed by atoms with Crippen molar-refractivity contribution in [2.24, 2.45) is 0 Å². The number of nitrogens with one attached hydrogen (secondary N) is 2. The maximum absolute atomic E-state index is 4.85. The summed E-state index contributed by atoms with van der Waals surface area (Å²) >= 11 is 3.79. The predicted molar refractivity (Wildman–Crippen MR) is 49.7 cm³/mol. The molecule has 70 valence electrons. The first kappa shape index (κ1) is 11.1. The van der Waals surface area contributed by atoms with Crippen LogP contribution in [-0.4, -0.2) is 9.97 Å². The summed E-state index contributed by atoms with van der Waals surface area (Å²) in [6.45, 7) is 0. The molecule has 0 bridgehead atoms. The molecule has 13 heavy (non-hydrogen) atoms. The van der Waals surface area contributed by atoms with Crippen LogP contribution in [-0.2, 0) is 27.4 Å². The van der Waals surface area contributed by atoms with Crippen molar-refractivity contribution < 1.29 is 20.1 Å². The summed E-state index contributed by atoms with van der Waals surface area (Å²) in [6, 6.07) is 0. The topological polar surface area (TPSA) is 56.9 Å². The second kappa shape index (κ2) is 5.65. The standard InChI is InChI=1S/C5H4N4S.2ClH.Ru/c10-5-3-4(7-1-6-3)8-2-9-5;;;/h1-2H,(H2,6,7,8,9,10);2*1H;/q;;;+4/p-1. The molecular weight excluding hydrogens is 320 g/mol. The van der Waals surface area contributed by atoms with Gasteiger partial charge in [0.25, 0.3) is 0 Å². The number of aromatic nitrogens is 4. The maximum Gasteiger partial charge on any atom is 0.353 e. The number of hydrogen-bond acceptors (Lipinski definition) is 1. The van der Waals surface area contributed by atoms with Gasteiger partial charge in [-0.1, -0.05) is 6.33 Å². The molecule has 8 heteroatoms. The summed E-state index contributed by atoms with van der Waals surface area (Å²) in [5, 5.41) is 0. The first-order chi connectivity index (χ1) is 6.29. The van der Waals surface area contributed by atoms with Crippen LogP contribution in [0.2, 0.25) is 0 Å². The zero-order valence-corrected chi connectivity index (χ0v) is 10.3. The minimum Gasteiger partial charge on any atom is -0.433 e. The van der Waals surface area contributed by atoms with Gasteiger partial charge in [0.15, 0.2) is 6.33 Å². The number of halogens is 2. The van der Waals surface area contributed by atoms with E-state index in [4.69, 9.17) is 19.4 Å². The molecule has 0 amide bonds. The molecule has 0 fully saturated rings. The molecule has 4 nitrogen and oxygen atoms in total. The molecule has 2 aromatic heterocycles. The van der Waals surface area contributed by atoms with Gasteiger partial charge in [-0.3, -0.25) is 4.98 Å². The van der Waals surface area contributed by atoms with Crippen molar-refractivity contribution in [1.82, 2.24) is 15.0 Å². The van der Waals surface area contributed by atoms with Gasteiger partial charge in [0.1, 0.15) is 0 Å². The summed E-state index contributed by atoms with van der Waals surface area (Å²) in [7, 11) is 9.71. The molecular formula is C5H5Cl2N4RuS+3. The van der Waals surface area contributed by atoms with Gasteiger partial charge in [-0.25, -0.2) is 4.98 Å². The van der Waals surface area contributed by atoms with Crippen LogP contribution >= 0.6 is 19.4 Å². The number of aromatic amines is 2. The quantitative estimate of drug-likeness (QED) is 0.332. The van der Waals surface area contributed by atoms with Crippen molar-refractivity contribution in [3.05, 3.63) is 17.3 Å². The van der Waals surface area contributed by atoms with E-state index in [0.29, 0.717) is 0 Å². The normalized spacial score (nSPS) is 9.38. The van der Waals surface area contributed by atoms with Crippen molar-refractivity contribution in [3.8, 4) is 0 Å². The van der Waals surface area contributed by atoms with E-state index >= 15 is 0 Å². The Balaban J connectivity index is 0.000000251. The fourth-order valence-corrected chi connectivity index (χ4v) is 1.01. The van der Waals surface area contributed by atoms with Crippen molar-refractivity contribution >= 4 is 42.8 Å². The van der Waals surface area contributed by atoms with Crippen LogP contribution in [0.4, 0.5) is 0 Å². The molecule has 0 aliphatic carbocycles. The first-order valence-corrected chi connectivity index (χ1v) is 7.96. The maximum atomic E-state index is 4.85. The second-order valence-corrected chi connectivity index (χ2v) is 4.99. The smallest absolute Gasteiger partial charge is 0.353 e. The van der Waals surface area contributed by atoms with E-state index in [0.717, 1.165) is 15.8 Å². The van der Waals surface area contributed by atoms with E-state index in [2.05, 4.69) is 32.2 Å². The number of hydrogen-bond donors (Lipinski definition) is 1. The van der Waals surface area contributed by atoms with Crippen LogP contribution < -0.4 is 9.97 Å². The molecule has 2 N–H and O–H groups in total. The molecule has 0 saturated carbocycles. The van der Waals surface area contributed by atoms with Gasteiger partial charge in [0.2, 0.25) is 12.2 Å². The van der Waals surface area contributed by atoms with E-state index in [1.165, 1.54) is 6.33 Å². The van der Waals surface area contributed by atoms with Gasteiger partial charge < -0.3 is 9.97 Å². The Bertz CT molecular complexity index is 427. The molecule has 2 aromatic rings. The summed E-state index contributed by atoms with van der Waals surface area (Å²) in [4.78, 5) is 13.7. The Kier molecular flexibility index (Phi) is 4.80. The van der Waals surface area contributed by atoms with Crippen molar-refractivity contribution in [2.75, 3.05) is 0 Å². The van der Waals surface area contributed by atoms with Gasteiger partial charge >= 0.3 is 39.2 Å². The number of rotatable bonds is 0. The van der Waals surface area contributed by atoms with Crippen molar-refractivity contribution in [1.29, 1.82) is 0 Å². The van der Waals surface area contributed by atoms with Gasteiger partial charge in [-0.2, -0.15) is 0 Å². The number of nitrogens with zero attached hydrogens (tertiary/aromatic N) is 2. The number of thiol groups is 1. The van der Waals surface area contributed by atoms with E-state index in [1.807, 2.05) is 0 Å². The minimum atomic E-state index is -0.346. The molecule has 0 aliphatic rings. The van der Waals surface area contributed by atoms with Crippen LogP contribution in [0.15, 0.2) is 12.7 Å². The molecule has 0 aromatic carbocycles. The Labute approximate surface area is 94.8 Å². The van der Waals surface area contributed by atoms with Crippen molar-refractivity contribution in [3.63, 3.8) is 0 Å². The Morgan fingerprint density at radius 3 is 2.92 bits per heavy atom. The SMILES string of the molecule is [Cl][Ru+2][Cl].[SH+]=c1[nH]c[nH+]c2nc[n-]c12. The fourth-order valence-electron chi connectivity index (χ4n) is 0.787. The molecule has 0 aliphatic heterocycles. The molecule has 2 heterocycles. The number of fused-ring (bicyclic) bond motifs is 1. The van der Waals surface area contributed by atoms with Crippen LogP contribution in [0, 0.1) is 4.64 Å². The average molecular weight is 325 g/mol.